The first-order valence-electron chi connectivity index (χ1n) is 7.46. The number of halogens is 1. The van der Waals surface area contributed by atoms with Crippen molar-refractivity contribution >= 4 is 18.3 Å². The maximum atomic E-state index is 12.0. The molecule has 1 atom stereocenters. The van der Waals surface area contributed by atoms with Crippen LogP contribution >= 0.6 is 12.4 Å². The van der Waals surface area contributed by atoms with Gasteiger partial charge < -0.3 is 15.4 Å². The highest BCUT2D eigenvalue weighted by Gasteiger charge is 2.31. The molecule has 0 bridgehead atoms. The zero-order valence-corrected chi connectivity index (χ0v) is 12.9. The van der Waals surface area contributed by atoms with Crippen molar-refractivity contribution in [3.05, 3.63) is 35.9 Å². The number of rotatable bonds is 4. The average molecular weight is 311 g/mol. The Morgan fingerprint density at radius 3 is 2.71 bits per heavy atom. The molecular formula is C16H23ClN2O2. The molecule has 2 aliphatic rings. The summed E-state index contributed by atoms with van der Waals surface area (Å²) in [6.07, 6.45) is 2.64. The van der Waals surface area contributed by atoms with Crippen LogP contribution in [-0.2, 0) is 9.53 Å². The van der Waals surface area contributed by atoms with E-state index in [-0.39, 0.29) is 24.4 Å². The summed E-state index contributed by atoms with van der Waals surface area (Å²) in [6, 6.07) is 11.1. The molecule has 21 heavy (non-hydrogen) atoms. The molecule has 5 heteroatoms. The second kappa shape index (κ2) is 7.78. The lowest BCUT2D eigenvalue weighted by Gasteiger charge is -2.36. The normalized spacial score (nSPS) is 28.1. The fourth-order valence-corrected chi connectivity index (χ4v) is 2.99. The fourth-order valence-electron chi connectivity index (χ4n) is 2.99. The standard InChI is InChI=1S/C16H22N2O2.ClH/c19-16(10-15-11-20-7-6-17-15)18-14-8-13(9-14)12-4-2-1-3-5-12;/h1-5,13-15,17H,6-11H2,(H,18,19);1H. The summed E-state index contributed by atoms with van der Waals surface area (Å²) >= 11 is 0. The number of carbonyl (C=O) groups excluding carboxylic acids is 1. The van der Waals surface area contributed by atoms with Crippen molar-refractivity contribution in [1.29, 1.82) is 0 Å². The SMILES string of the molecule is Cl.O=C(CC1COCCN1)NC1CC(c2ccccc2)C1. The van der Waals surface area contributed by atoms with Crippen LogP contribution in [0, 0.1) is 0 Å². The van der Waals surface area contributed by atoms with Gasteiger partial charge in [0.2, 0.25) is 5.91 Å². The van der Waals surface area contributed by atoms with E-state index in [1.54, 1.807) is 0 Å². The predicted molar refractivity (Wildman–Crippen MR) is 84.8 cm³/mol. The Morgan fingerprint density at radius 1 is 1.29 bits per heavy atom. The van der Waals surface area contributed by atoms with E-state index in [0.717, 1.165) is 26.0 Å². The number of carbonyl (C=O) groups is 1. The molecule has 2 N–H and O–H groups in total. The van der Waals surface area contributed by atoms with Crippen LogP contribution in [-0.4, -0.2) is 37.7 Å². The Bertz CT molecular complexity index is 443. The van der Waals surface area contributed by atoms with E-state index in [0.29, 0.717) is 25.0 Å². The van der Waals surface area contributed by atoms with Gasteiger partial charge in [-0.1, -0.05) is 30.3 Å². The molecule has 116 valence electrons. The van der Waals surface area contributed by atoms with Gasteiger partial charge in [-0.25, -0.2) is 0 Å². The Hall–Kier alpha value is -1.10. The zero-order chi connectivity index (χ0) is 13.8. The van der Waals surface area contributed by atoms with E-state index in [1.165, 1.54) is 5.56 Å². The van der Waals surface area contributed by atoms with Crippen LogP contribution in [0.1, 0.15) is 30.7 Å². The second-order valence-corrected chi connectivity index (χ2v) is 5.77. The second-order valence-electron chi connectivity index (χ2n) is 5.77. The number of hydrogen-bond donors (Lipinski definition) is 2. The summed E-state index contributed by atoms with van der Waals surface area (Å²) in [5, 5.41) is 6.44. The van der Waals surface area contributed by atoms with E-state index in [4.69, 9.17) is 4.74 Å². The predicted octanol–water partition coefficient (Wildman–Crippen LogP) is 1.85. The van der Waals surface area contributed by atoms with E-state index in [9.17, 15) is 4.79 Å². The molecule has 1 heterocycles. The number of hydrogen-bond acceptors (Lipinski definition) is 3. The minimum absolute atomic E-state index is 0. The van der Waals surface area contributed by atoms with Crippen LogP contribution in [0.3, 0.4) is 0 Å². The van der Waals surface area contributed by atoms with Crippen molar-refractivity contribution in [2.24, 2.45) is 0 Å². The van der Waals surface area contributed by atoms with E-state index in [2.05, 4.69) is 34.9 Å². The molecule has 1 unspecified atom stereocenters. The Balaban J connectivity index is 0.00000161. The van der Waals surface area contributed by atoms with Gasteiger partial charge in [-0.3, -0.25) is 4.79 Å². The van der Waals surface area contributed by atoms with Crippen molar-refractivity contribution in [1.82, 2.24) is 10.6 Å². The maximum absolute atomic E-state index is 12.0. The average Bonchev–Trinajstić information content (AvgIpc) is 2.44. The first-order chi connectivity index (χ1) is 9.81. The summed E-state index contributed by atoms with van der Waals surface area (Å²) in [7, 11) is 0. The van der Waals surface area contributed by atoms with Gasteiger partial charge >= 0.3 is 0 Å². The first-order valence-corrected chi connectivity index (χ1v) is 7.46. The molecule has 1 aliphatic heterocycles. The van der Waals surface area contributed by atoms with Gasteiger partial charge in [-0.15, -0.1) is 12.4 Å². The molecule has 4 nitrogen and oxygen atoms in total. The molecular weight excluding hydrogens is 288 g/mol. The van der Waals surface area contributed by atoms with Gasteiger partial charge in [0.15, 0.2) is 0 Å². The third-order valence-electron chi connectivity index (χ3n) is 4.20. The highest BCUT2D eigenvalue weighted by molar-refractivity contribution is 5.85. The lowest BCUT2D eigenvalue weighted by molar-refractivity contribution is -0.123. The summed E-state index contributed by atoms with van der Waals surface area (Å²) in [5.74, 6) is 0.752. The molecule has 0 radical (unpaired) electrons. The number of nitrogens with one attached hydrogen (secondary N) is 2. The largest absolute Gasteiger partial charge is 0.378 e. The molecule has 0 spiro atoms. The maximum Gasteiger partial charge on any atom is 0.221 e. The van der Waals surface area contributed by atoms with Crippen molar-refractivity contribution in [3.8, 4) is 0 Å². The van der Waals surface area contributed by atoms with E-state index in [1.807, 2.05) is 6.07 Å². The fraction of sp³-hybridized carbons (Fsp3) is 0.562. The third kappa shape index (κ3) is 4.43. The summed E-state index contributed by atoms with van der Waals surface area (Å²) in [6.45, 7) is 2.24. The molecule has 1 saturated carbocycles. The molecule has 1 aromatic carbocycles. The van der Waals surface area contributed by atoms with Crippen molar-refractivity contribution in [2.45, 2.75) is 37.3 Å². The van der Waals surface area contributed by atoms with Crippen LogP contribution in [0.4, 0.5) is 0 Å². The first kappa shape index (κ1) is 16.3. The summed E-state index contributed by atoms with van der Waals surface area (Å²) < 4.78 is 5.36. The van der Waals surface area contributed by atoms with Gasteiger partial charge in [-0.2, -0.15) is 0 Å². The highest BCUT2D eigenvalue weighted by Crippen LogP contribution is 2.36. The quantitative estimate of drug-likeness (QED) is 0.892. The minimum atomic E-state index is 0. The third-order valence-corrected chi connectivity index (χ3v) is 4.20. The van der Waals surface area contributed by atoms with Crippen molar-refractivity contribution in [3.63, 3.8) is 0 Å². The summed E-state index contributed by atoms with van der Waals surface area (Å²) in [4.78, 5) is 12.0. The van der Waals surface area contributed by atoms with E-state index >= 15 is 0 Å². The smallest absolute Gasteiger partial charge is 0.221 e. The number of benzene rings is 1. The van der Waals surface area contributed by atoms with Crippen molar-refractivity contribution in [2.75, 3.05) is 19.8 Å². The van der Waals surface area contributed by atoms with Gasteiger partial charge in [-0.05, 0) is 24.3 Å². The zero-order valence-electron chi connectivity index (χ0n) is 12.1. The molecule has 1 saturated heterocycles. The van der Waals surface area contributed by atoms with Gasteiger partial charge in [0.25, 0.3) is 0 Å². The molecule has 0 aromatic heterocycles. The van der Waals surface area contributed by atoms with Crippen LogP contribution in [0.25, 0.3) is 0 Å². The van der Waals surface area contributed by atoms with E-state index < -0.39 is 0 Å². The molecule has 2 fully saturated rings. The Labute approximate surface area is 132 Å². The Kier molecular flexibility index (Phi) is 6.03. The van der Waals surface area contributed by atoms with Crippen LogP contribution in [0.2, 0.25) is 0 Å². The lowest BCUT2D eigenvalue weighted by Crippen LogP contribution is -2.48. The molecule has 3 rings (SSSR count). The lowest BCUT2D eigenvalue weighted by atomic mass is 9.76. The van der Waals surface area contributed by atoms with Crippen LogP contribution < -0.4 is 10.6 Å². The number of ether oxygens (including phenoxy) is 1. The van der Waals surface area contributed by atoms with Crippen molar-refractivity contribution < 1.29 is 9.53 Å². The molecule has 1 aromatic rings. The highest BCUT2D eigenvalue weighted by atomic mass is 35.5. The molecule has 1 amide bonds. The Morgan fingerprint density at radius 2 is 2.05 bits per heavy atom. The monoisotopic (exact) mass is 310 g/mol. The van der Waals surface area contributed by atoms with Crippen LogP contribution in [0.15, 0.2) is 30.3 Å². The summed E-state index contributed by atoms with van der Waals surface area (Å²) in [5.41, 5.74) is 1.39. The topological polar surface area (TPSA) is 50.4 Å². The number of morpholine rings is 1. The number of amides is 1. The van der Waals surface area contributed by atoms with Crippen LogP contribution in [0.5, 0.6) is 0 Å². The van der Waals surface area contributed by atoms with Gasteiger partial charge in [0.1, 0.15) is 0 Å². The molecule has 1 aliphatic carbocycles. The van der Waals surface area contributed by atoms with Gasteiger partial charge in [0.05, 0.1) is 13.2 Å². The van der Waals surface area contributed by atoms with Gasteiger partial charge in [0, 0.05) is 25.0 Å². The minimum Gasteiger partial charge on any atom is -0.378 e.